The molecule has 0 amide bonds. The third kappa shape index (κ3) is 4.08. The Labute approximate surface area is 99.7 Å². The highest BCUT2D eigenvalue weighted by Gasteiger charge is 2.00. The van der Waals surface area contributed by atoms with Crippen molar-refractivity contribution < 1.29 is 0 Å². The fourth-order valence-corrected chi connectivity index (χ4v) is 1.95. The average Bonchev–Trinajstić information content (AvgIpc) is 2.31. The van der Waals surface area contributed by atoms with Gasteiger partial charge in [0, 0.05) is 0 Å². The molecule has 0 saturated heterocycles. The highest BCUT2D eigenvalue weighted by atomic mass is 14.1. The molecule has 0 saturated carbocycles. The van der Waals surface area contributed by atoms with Crippen LogP contribution < -0.4 is 0 Å². The average molecular weight is 214 g/mol. The molecule has 1 rings (SSSR count). The Hall–Kier alpha value is -1.26. The third-order valence-corrected chi connectivity index (χ3v) is 2.94. The van der Waals surface area contributed by atoms with E-state index in [4.69, 9.17) is 0 Å². The number of allylic oxidation sites excluding steroid dienone is 1. The van der Waals surface area contributed by atoms with Crippen LogP contribution in [0, 0.1) is 0 Å². The normalized spacial score (nSPS) is 9.88. The largest absolute Gasteiger partial charge is 0.130 e. The summed E-state index contributed by atoms with van der Waals surface area (Å²) in [4.78, 5) is 0. The van der Waals surface area contributed by atoms with Gasteiger partial charge in [-0.05, 0) is 49.3 Å². The van der Waals surface area contributed by atoms with E-state index in [1.54, 1.807) is 0 Å². The number of benzene rings is 1. The van der Waals surface area contributed by atoms with Crippen LogP contribution in [0.5, 0.6) is 0 Å². The summed E-state index contributed by atoms with van der Waals surface area (Å²) in [5.41, 5.74) is 7.26. The van der Waals surface area contributed by atoms with Crippen LogP contribution in [0.15, 0.2) is 42.1 Å². The van der Waals surface area contributed by atoms with Crippen LogP contribution in [-0.2, 0) is 12.8 Å². The fraction of sp³-hybridized carbons (Fsp3) is 0.438. The predicted molar refractivity (Wildman–Crippen MR) is 71.7 cm³/mol. The van der Waals surface area contributed by atoms with Gasteiger partial charge < -0.3 is 0 Å². The van der Waals surface area contributed by atoms with Gasteiger partial charge in [0.1, 0.15) is 0 Å². The number of hydrogen-bond acceptors (Lipinski definition) is 0. The standard InChI is InChI=1S/C16H22/c1-4-9-15-11-6-7-12-16(15)13-8-10-14(3)5-2/h6-7,11-12H,2,4,8-10,13H2,1,3H3. The lowest BCUT2D eigenvalue weighted by Gasteiger charge is -2.08. The van der Waals surface area contributed by atoms with E-state index >= 15 is 0 Å². The van der Waals surface area contributed by atoms with Gasteiger partial charge in [0.2, 0.25) is 0 Å². The minimum absolute atomic E-state index is 1.12. The van der Waals surface area contributed by atoms with Crippen molar-refractivity contribution in [2.24, 2.45) is 0 Å². The Morgan fingerprint density at radius 1 is 1.19 bits per heavy atom. The first kappa shape index (κ1) is 12.8. The zero-order valence-electron chi connectivity index (χ0n) is 10.6. The van der Waals surface area contributed by atoms with Gasteiger partial charge in [0.05, 0.1) is 0 Å². The van der Waals surface area contributed by atoms with Gasteiger partial charge in [-0.15, -0.1) is 5.73 Å². The molecule has 0 heteroatoms. The van der Waals surface area contributed by atoms with Crippen LogP contribution in [0.1, 0.15) is 44.2 Å². The molecule has 1 aromatic rings. The van der Waals surface area contributed by atoms with Gasteiger partial charge in [-0.25, -0.2) is 0 Å². The molecule has 0 spiro atoms. The van der Waals surface area contributed by atoms with Gasteiger partial charge >= 0.3 is 0 Å². The van der Waals surface area contributed by atoms with E-state index in [1.165, 1.54) is 42.4 Å². The summed E-state index contributed by atoms with van der Waals surface area (Å²) >= 11 is 0. The molecule has 0 nitrogen and oxygen atoms in total. The van der Waals surface area contributed by atoms with Crippen LogP contribution in [0.2, 0.25) is 0 Å². The maximum atomic E-state index is 3.67. The van der Waals surface area contributed by atoms with Gasteiger partial charge in [0.15, 0.2) is 0 Å². The van der Waals surface area contributed by atoms with Crippen LogP contribution in [0.4, 0.5) is 0 Å². The molecule has 86 valence electrons. The molecule has 0 aliphatic heterocycles. The topological polar surface area (TPSA) is 0 Å². The quantitative estimate of drug-likeness (QED) is 0.602. The van der Waals surface area contributed by atoms with Crippen molar-refractivity contribution in [3.05, 3.63) is 53.3 Å². The lowest BCUT2D eigenvalue weighted by atomic mass is 9.98. The molecule has 1 aromatic carbocycles. The zero-order valence-corrected chi connectivity index (χ0v) is 10.6. The number of rotatable bonds is 6. The second-order valence-electron chi connectivity index (χ2n) is 4.33. The lowest BCUT2D eigenvalue weighted by Crippen LogP contribution is -1.94. The number of aryl methyl sites for hydroxylation is 2. The smallest absolute Gasteiger partial charge is 0.0244 e. The maximum Gasteiger partial charge on any atom is -0.0244 e. The minimum Gasteiger partial charge on any atom is -0.130 e. The molecule has 0 unspecified atom stereocenters. The van der Waals surface area contributed by atoms with Crippen LogP contribution >= 0.6 is 0 Å². The Morgan fingerprint density at radius 3 is 2.38 bits per heavy atom. The SMILES string of the molecule is C=C=C(C)CCCc1ccccc1CCC. The van der Waals surface area contributed by atoms with Gasteiger partial charge in [0.25, 0.3) is 0 Å². The first-order valence-corrected chi connectivity index (χ1v) is 6.20. The summed E-state index contributed by atoms with van der Waals surface area (Å²) in [6, 6.07) is 8.81. The Bertz CT molecular complexity index is 367. The highest BCUT2D eigenvalue weighted by molar-refractivity contribution is 5.27. The maximum absolute atomic E-state index is 3.67. The van der Waals surface area contributed by atoms with E-state index in [0.29, 0.717) is 0 Å². The predicted octanol–water partition coefficient (Wildman–Crippen LogP) is 4.69. The Balaban J connectivity index is 2.55. The van der Waals surface area contributed by atoms with Crippen molar-refractivity contribution >= 4 is 0 Å². The van der Waals surface area contributed by atoms with Crippen molar-refractivity contribution in [1.29, 1.82) is 0 Å². The van der Waals surface area contributed by atoms with E-state index in [2.05, 4.69) is 50.4 Å². The van der Waals surface area contributed by atoms with Gasteiger partial charge in [-0.1, -0.05) is 44.2 Å². The molecule has 0 atom stereocenters. The molecule has 0 bridgehead atoms. The molecule has 0 radical (unpaired) electrons. The van der Waals surface area contributed by atoms with Crippen LogP contribution in [-0.4, -0.2) is 0 Å². The molecule has 16 heavy (non-hydrogen) atoms. The summed E-state index contributed by atoms with van der Waals surface area (Å²) in [6.45, 7) is 8.01. The summed E-state index contributed by atoms with van der Waals surface area (Å²) in [5.74, 6) is 0. The second kappa shape index (κ2) is 7.09. The summed E-state index contributed by atoms with van der Waals surface area (Å²) in [7, 11) is 0. The van der Waals surface area contributed by atoms with Crippen molar-refractivity contribution in [2.45, 2.75) is 46.0 Å². The monoisotopic (exact) mass is 214 g/mol. The molecule has 0 N–H and O–H groups in total. The molecule has 0 aromatic heterocycles. The van der Waals surface area contributed by atoms with Crippen molar-refractivity contribution in [2.75, 3.05) is 0 Å². The van der Waals surface area contributed by atoms with E-state index in [-0.39, 0.29) is 0 Å². The zero-order chi connectivity index (χ0) is 11.8. The Morgan fingerprint density at radius 2 is 1.81 bits per heavy atom. The summed E-state index contributed by atoms with van der Waals surface area (Å²) < 4.78 is 0. The summed E-state index contributed by atoms with van der Waals surface area (Å²) in [6.07, 6.45) is 5.92. The number of hydrogen-bond donors (Lipinski definition) is 0. The fourth-order valence-electron chi connectivity index (χ4n) is 1.95. The van der Waals surface area contributed by atoms with Gasteiger partial charge in [-0.2, -0.15) is 0 Å². The molecular formula is C16H22. The molecular weight excluding hydrogens is 192 g/mol. The van der Waals surface area contributed by atoms with Crippen LogP contribution in [0.3, 0.4) is 0 Å². The second-order valence-corrected chi connectivity index (χ2v) is 4.33. The van der Waals surface area contributed by atoms with Crippen molar-refractivity contribution in [3.63, 3.8) is 0 Å². The van der Waals surface area contributed by atoms with Gasteiger partial charge in [-0.3, -0.25) is 0 Å². The molecule has 0 aliphatic carbocycles. The minimum atomic E-state index is 1.12. The summed E-state index contributed by atoms with van der Waals surface area (Å²) in [5, 5.41) is 0. The molecule has 0 fully saturated rings. The van der Waals surface area contributed by atoms with E-state index in [9.17, 15) is 0 Å². The van der Waals surface area contributed by atoms with E-state index in [0.717, 1.165) is 6.42 Å². The lowest BCUT2D eigenvalue weighted by molar-refractivity contribution is 0.795. The third-order valence-electron chi connectivity index (χ3n) is 2.94. The Kier molecular flexibility index (Phi) is 5.67. The molecule has 0 aliphatic rings. The van der Waals surface area contributed by atoms with Crippen molar-refractivity contribution in [3.8, 4) is 0 Å². The van der Waals surface area contributed by atoms with E-state index < -0.39 is 0 Å². The first-order chi connectivity index (χ1) is 7.77. The molecule has 0 heterocycles. The first-order valence-electron chi connectivity index (χ1n) is 6.20. The van der Waals surface area contributed by atoms with E-state index in [1.807, 2.05) is 0 Å². The van der Waals surface area contributed by atoms with Crippen LogP contribution in [0.25, 0.3) is 0 Å². The van der Waals surface area contributed by atoms with Crippen molar-refractivity contribution in [1.82, 2.24) is 0 Å². The highest BCUT2D eigenvalue weighted by Crippen LogP contribution is 2.15.